The minimum atomic E-state index is -4.14. The Morgan fingerprint density at radius 1 is 1.17 bits per heavy atom. The highest BCUT2D eigenvalue weighted by Crippen LogP contribution is 2.34. The van der Waals surface area contributed by atoms with Gasteiger partial charge in [0.05, 0.1) is 18.0 Å². The standard InChI is InChI=1S/C16H17ClN6O6S/c1-29-16(26)11-6-9(23-13(15(19)25)12(14(18)24)20-21-23)7-22(11)30(27,28)10-4-2-8(17)3-5-10/h2-5,9,11H,6-7H2,1H3,(H2,18,24)(H2,19,25)/t9-,11-/m0/s1. The highest BCUT2D eigenvalue weighted by atomic mass is 35.5. The molecule has 0 spiro atoms. The van der Waals surface area contributed by atoms with Gasteiger partial charge in [-0.3, -0.25) is 14.4 Å². The smallest absolute Gasteiger partial charge is 0.324 e. The first-order chi connectivity index (χ1) is 14.1. The number of benzene rings is 1. The van der Waals surface area contributed by atoms with Gasteiger partial charge < -0.3 is 16.2 Å². The predicted octanol–water partition coefficient (Wildman–Crippen LogP) is -0.693. The van der Waals surface area contributed by atoms with Crippen LogP contribution >= 0.6 is 11.6 Å². The van der Waals surface area contributed by atoms with Crippen molar-refractivity contribution in [2.24, 2.45) is 11.5 Å². The highest BCUT2D eigenvalue weighted by molar-refractivity contribution is 7.89. The molecule has 1 aliphatic rings. The molecule has 0 aliphatic carbocycles. The number of ether oxygens (including phenoxy) is 1. The molecule has 2 heterocycles. The molecule has 3 rings (SSSR count). The van der Waals surface area contributed by atoms with E-state index in [0.717, 1.165) is 16.1 Å². The molecule has 160 valence electrons. The summed E-state index contributed by atoms with van der Waals surface area (Å²) in [6.45, 7) is -0.257. The second-order valence-corrected chi connectivity index (χ2v) is 8.74. The van der Waals surface area contributed by atoms with E-state index >= 15 is 0 Å². The Balaban J connectivity index is 2.05. The number of nitrogens with zero attached hydrogens (tertiary/aromatic N) is 4. The van der Waals surface area contributed by atoms with Gasteiger partial charge in [-0.05, 0) is 30.7 Å². The maximum Gasteiger partial charge on any atom is 0.324 e. The molecule has 1 aromatic heterocycles. The third-order valence-electron chi connectivity index (χ3n) is 4.63. The summed E-state index contributed by atoms with van der Waals surface area (Å²) >= 11 is 5.82. The average Bonchev–Trinajstić information content (AvgIpc) is 3.32. The molecule has 2 atom stereocenters. The topological polar surface area (TPSA) is 181 Å². The van der Waals surface area contributed by atoms with Crippen LogP contribution in [0, 0.1) is 0 Å². The molecular weight excluding hydrogens is 440 g/mol. The van der Waals surface area contributed by atoms with Crippen LogP contribution in [0.25, 0.3) is 0 Å². The van der Waals surface area contributed by atoms with Gasteiger partial charge in [0, 0.05) is 11.6 Å². The van der Waals surface area contributed by atoms with Crippen LogP contribution in [-0.2, 0) is 19.6 Å². The maximum atomic E-state index is 13.1. The van der Waals surface area contributed by atoms with Crippen LogP contribution in [0.5, 0.6) is 0 Å². The van der Waals surface area contributed by atoms with E-state index in [-0.39, 0.29) is 23.6 Å². The molecule has 1 aliphatic heterocycles. The second kappa shape index (κ2) is 8.01. The van der Waals surface area contributed by atoms with Crippen molar-refractivity contribution < 1.29 is 27.5 Å². The summed E-state index contributed by atoms with van der Waals surface area (Å²) in [7, 11) is -3.02. The van der Waals surface area contributed by atoms with Crippen LogP contribution in [0.15, 0.2) is 29.2 Å². The quantitative estimate of drug-likeness (QED) is 0.535. The number of methoxy groups -OCH3 is 1. The van der Waals surface area contributed by atoms with Crippen LogP contribution in [0.3, 0.4) is 0 Å². The molecular formula is C16H17ClN6O6S. The molecule has 4 N–H and O–H groups in total. The minimum Gasteiger partial charge on any atom is -0.468 e. The SMILES string of the molecule is COC(=O)[C@@H]1C[C@H](n2nnc(C(N)=O)c2C(N)=O)CN1S(=O)(=O)c1ccc(Cl)cc1. The minimum absolute atomic E-state index is 0.0898. The zero-order valence-corrected chi connectivity index (χ0v) is 17.1. The van der Waals surface area contributed by atoms with Gasteiger partial charge in [0.15, 0.2) is 11.4 Å². The van der Waals surface area contributed by atoms with E-state index in [2.05, 4.69) is 10.3 Å². The van der Waals surface area contributed by atoms with Crippen LogP contribution in [0.2, 0.25) is 5.02 Å². The molecule has 0 unspecified atom stereocenters. The third-order valence-corrected chi connectivity index (χ3v) is 6.78. The second-order valence-electron chi connectivity index (χ2n) is 6.42. The summed E-state index contributed by atoms with van der Waals surface area (Å²) in [5, 5.41) is 7.64. The molecule has 2 aromatic rings. The number of hydrogen-bond donors (Lipinski definition) is 2. The van der Waals surface area contributed by atoms with Crippen molar-refractivity contribution in [3.05, 3.63) is 40.7 Å². The Morgan fingerprint density at radius 2 is 1.80 bits per heavy atom. The normalized spacial score (nSPS) is 19.5. The number of halogens is 1. The van der Waals surface area contributed by atoms with Crippen LogP contribution < -0.4 is 11.5 Å². The van der Waals surface area contributed by atoms with Crippen molar-refractivity contribution in [1.29, 1.82) is 0 Å². The van der Waals surface area contributed by atoms with Gasteiger partial charge in [0.1, 0.15) is 6.04 Å². The number of carbonyl (C=O) groups is 3. The summed E-state index contributed by atoms with van der Waals surface area (Å²) < 4.78 is 33.0. The highest BCUT2D eigenvalue weighted by Gasteiger charge is 2.46. The third kappa shape index (κ3) is 3.74. The molecule has 1 fully saturated rings. The van der Waals surface area contributed by atoms with Gasteiger partial charge in [-0.1, -0.05) is 16.8 Å². The van der Waals surface area contributed by atoms with E-state index in [1.807, 2.05) is 0 Å². The fraction of sp³-hybridized carbons (Fsp3) is 0.312. The fourth-order valence-electron chi connectivity index (χ4n) is 3.26. The van der Waals surface area contributed by atoms with Gasteiger partial charge >= 0.3 is 5.97 Å². The van der Waals surface area contributed by atoms with E-state index in [1.54, 1.807) is 0 Å². The average molecular weight is 457 g/mol. The summed E-state index contributed by atoms with van der Waals surface area (Å²) in [6.07, 6.45) is -0.0959. The monoisotopic (exact) mass is 456 g/mol. The van der Waals surface area contributed by atoms with Gasteiger partial charge in [0.25, 0.3) is 11.8 Å². The van der Waals surface area contributed by atoms with Crippen molar-refractivity contribution in [2.45, 2.75) is 23.4 Å². The molecule has 14 heteroatoms. The number of rotatable bonds is 6. The Bertz CT molecular complexity index is 1120. The molecule has 1 aromatic carbocycles. The molecule has 30 heavy (non-hydrogen) atoms. The number of hydrogen-bond acceptors (Lipinski definition) is 8. The Hall–Kier alpha value is -3.03. The maximum absolute atomic E-state index is 13.1. The molecule has 12 nitrogen and oxygen atoms in total. The molecule has 2 amide bonds. The van der Waals surface area contributed by atoms with E-state index in [4.69, 9.17) is 27.8 Å². The number of carbonyl (C=O) groups excluding carboxylic acids is 3. The molecule has 0 saturated carbocycles. The number of sulfonamides is 1. The van der Waals surface area contributed by atoms with Gasteiger partial charge in [-0.15, -0.1) is 5.10 Å². The number of nitrogens with two attached hydrogens (primary N) is 2. The fourth-order valence-corrected chi connectivity index (χ4v) is 5.02. The van der Waals surface area contributed by atoms with Crippen molar-refractivity contribution >= 4 is 39.4 Å². The zero-order valence-electron chi connectivity index (χ0n) is 15.6. The Labute approximate surface area is 175 Å². The Kier molecular flexibility index (Phi) is 5.78. The van der Waals surface area contributed by atoms with E-state index in [0.29, 0.717) is 5.02 Å². The van der Waals surface area contributed by atoms with Crippen LogP contribution in [0.1, 0.15) is 33.4 Å². The lowest BCUT2D eigenvalue weighted by molar-refractivity contribution is -0.144. The first kappa shape index (κ1) is 21.7. The van der Waals surface area contributed by atoms with Gasteiger partial charge in [0.2, 0.25) is 10.0 Å². The lowest BCUT2D eigenvalue weighted by atomic mass is 10.1. The Morgan fingerprint density at radius 3 is 2.33 bits per heavy atom. The first-order valence-corrected chi connectivity index (χ1v) is 10.3. The van der Waals surface area contributed by atoms with Crippen molar-refractivity contribution in [1.82, 2.24) is 19.3 Å². The van der Waals surface area contributed by atoms with E-state index in [1.165, 1.54) is 24.3 Å². The van der Waals surface area contributed by atoms with Crippen molar-refractivity contribution in [3.8, 4) is 0 Å². The van der Waals surface area contributed by atoms with Crippen LogP contribution in [0.4, 0.5) is 0 Å². The lowest BCUT2D eigenvalue weighted by Crippen LogP contribution is -2.41. The predicted molar refractivity (Wildman–Crippen MR) is 102 cm³/mol. The molecule has 1 saturated heterocycles. The summed E-state index contributed by atoms with van der Waals surface area (Å²) in [5.41, 5.74) is 9.70. The first-order valence-electron chi connectivity index (χ1n) is 8.48. The van der Waals surface area contributed by atoms with E-state index < -0.39 is 45.6 Å². The van der Waals surface area contributed by atoms with Crippen molar-refractivity contribution in [3.63, 3.8) is 0 Å². The molecule has 0 radical (unpaired) electrons. The van der Waals surface area contributed by atoms with Crippen molar-refractivity contribution in [2.75, 3.05) is 13.7 Å². The summed E-state index contributed by atoms with van der Waals surface area (Å²) in [6, 6.07) is 3.36. The number of aromatic nitrogens is 3. The summed E-state index contributed by atoms with van der Waals surface area (Å²) in [4.78, 5) is 35.6. The number of amides is 2. The summed E-state index contributed by atoms with van der Waals surface area (Å²) in [5.74, 6) is -2.85. The number of esters is 1. The van der Waals surface area contributed by atoms with E-state index in [9.17, 15) is 22.8 Å². The zero-order chi connectivity index (χ0) is 22.2. The number of primary amides is 2. The van der Waals surface area contributed by atoms with Gasteiger partial charge in [-0.2, -0.15) is 4.31 Å². The van der Waals surface area contributed by atoms with Gasteiger partial charge in [-0.25, -0.2) is 13.1 Å². The largest absolute Gasteiger partial charge is 0.468 e. The lowest BCUT2D eigenvalue weighted by Gasteiger charge is -2.22. The molecule has 0 bridgehead atoms. The van der Waals surface area contributed by atoms with Crippen LogP contribution in [-0.4, -0.2) is 65.2 Å².